The first kappa shape index (κ1) is 13.1. The molecule has 0 fully saturated rings. The summed E-state index contributed by atoms with van der Waals surface area (Å²) in [6.45, 7) is 0.527. The van der Waals surface area contributed by atoms with Crippen molar-refractivity contribution in [2.45, 2.75) is 6.61 Å². The van der Waals surface area contributed by atoms with Gasteiger partial charge in [-0.05, 0) is 29.8 Å². The molecule has 0 heterocycles. The normalized spacial score (nSPS) is 10.1. The fraction of sp³-hybridized carbons (Fsp3) is 0.133. The van der Waals surface area contributed by atoms with Crippen molar-refractivity contribution in [3.63, 3.8) is 0 Å². The van der Waals surface area contributed by atoms with Crippen molar-refractivity contribution in [1.82, 2.24) is 0 Å². The van der Waals surface area contributed by atoms with Gasteiger partial charge in [0.05, 0.1) is 6.61 Å². The van der Waals surface area contributed by atoms with Gasteiger partial charge in [0.15, 0.2) is 0 Å². The Labute approximate surface area is 111 Å². The van der Waals surface area contributed by atoms with E-state index in [1.807, 2.05) is 36.4 Å². The van der Waals surface area contributed by atoms with Crippen molar-refractivity contribution in [1.29, 1.82) is 0 Å². The van der Waals surface area contributed by atoms with Crippen molar-refractivity contribution >= 4 is 12.0 Å². The smallest absolute Gasteiger partial charge is 0.145 e. The molecule has 0 aliphatic carbocycles. The SMILES string of the molecule is Nc1cccc(Oc2ccc(COCC=O)cc2)c1. The van der Waals surface area contributed by atoms with Crippen LogP contribution in [-0.2, 0) is 16.1 Å². The summed E-state index contributed by atoms with van der Waals surface area (Å²) in [7, 11) is 0. The van der Waals surface area contributed by atoms with Gasteiger partial charge in [0.2, 0.25) is 0 Å². The highest BCUT2D eigenvalue weighted by Crippen LogP contribution is 2.23. The van der Waals surface area contributed by atoms with Gasteiger partial charge in [-0.1, -0.05) is 18.2 Å². The molecule has 0 amide bonds. The highest BCUT2D eigenvalue weighted by molar-refractivity contribution is 5.50. The number of rotatable bonds is 6. The third kappa shape index (κ3) is 4.12. The highest BCUT2D eigenvalue weighted by atomic mass is 16.5. The number of carbonyl (C=O) groups is 1. The lowest BCUT2D eigenvalue weighted by Gasteiger charge is -2.07. The monoisotopic (exact) mass is 257 g/mol. The van der Waals surface area contributed by atoms with Gasteiger partial charge in [-0.25, -0.2) is 0 Å². The van der Waals surface area contributed by atoms with E-state index in [1.54, 1.807) is 12.1 Å². The third-order valence-corrected chi connectivity index (χ3v) is 2.47. The average Bonchev–Trinajstić information content (AvgIpc) is 2.41. The number of ether oxygens (including phenoxy) is 2. The van der Waals surface area contributed by atoms with Crippen LogP contribution in [0.15, 0.2) is 48.5 Å². The van der Waals surface area contributed by atoms with E-state index in [1.165, 1.54) is 0 Å². The molecule has 98 valence electrons. The molecule has 0 atom stereocenters. The third-order valence-electron chi connectivity index (χ3n) is 2.47. The fourth-order valence-corrected chi connectivity index (χ4v) is 1.59. The molecule has 0 bridgehead atoms. The van der Waals surface area contributed by atoms with Crippen molar-refractivity contribution < 1.29 is 14.3 Å². The number of hydrogen-bond donors (Lipinski definition) is 1. The molecule has 0 aliphatic heterocycles. The summed E-state index contributed by atoms with van der Waals surface area (Å²) in [5.74, 6) is 1.43. The zero-order valence-corrected chi connectivity index (χ0v) is 10.4. The van der Waals surface area contributed by atoms with Crippen LogP contribution in [0.25, 0.3) is 0 Å². The van der Waals surface area contributed by atoms with Gasteiger partial charge in [-0.2, -0.15) is 0 Å². The first-order valence-corrected chi connectivity index (χ1v) is 5.91. The summed E-state index contributed by atoms with van der Waals surface area (Å²) in [5.41, 5.74) is 7.33. The number of hydrogen-bond acceptors (Lipinski definition) is 4. The number of benzene rings is 2. The van der Waals surface area contributed by atoms with Crippen LogP contribution >= 0.6 is 0 Å². The van der Waals surface area contributed by atoms with Gasteiger partial charge in [-0.3, -0.25) is 0 Å². The van der Waals surface area contributed by atoms with Gasteiger partial charge >= 0.3 is 0 Å². The molecule has 0 unspecified atom stereocenters. The standard InChI is InChI=1S/C15H15NO3/c16-13-2-1-3-15(10-13)19-14-6-4-12(5-7-14)11-18-9-8-17/h1-8,10H,9,11,16H2. The van der Waals surface area contributed by atoms with Crippen LogP contribution in [0.3, 0.4) is 0 Å². The van der Waals surface area contributed by atoms with E-state index in [2.05, 4.69) is 0 Å². The average molecular weight is 257 g/mol. The minimum atomic E-state index is 0.113. The molecule has 0 aliphatic rings. The van der Waals surface area contributed by atoms with Crippen LogP contribution < -0.4 is 10.5 Å². The van der Waals surface area contributed by atoms with Crippen molar-refractivity contribution in [3.05, 3.63) is 54.1 Å². The van der Waals surface area contributed by atoms with E-state index in [9.17, 15) is 4.79 Å². The minimum Gasteiger partial charge on any atom is -0.457 e. The van der Waals surface area contributed by atoms with Gasteiger partial charge in [0, 0.05) is 11.8 Å². The van der Waals surface area contributed by atoms with Crippen molar-refractivity contribution in [3.8, 4) is 11.5 Å². The lowest BCUT2D eigenvalue weighted by atomic mass is 10.2. The van der Waals surface area contributed by atoms with Crippen molar-refractivity contribution in [2.24, 2.45) is 0 Å². The van der Waals surface area contributed by atoms with Gasteiger partial charge in [-0.15, -0.1) is 0 Å². The molecule has 19 heavy (non-hydrogen) atoms. The molecule has 0 saturated heterocycles. The predicted molar refractivity (Wildman–Crippen MR) is 73.1 cm³/mol. The number of aldehydes is 1. The van der Waals surface area contributed by atoms with Crippen LogP contribution in [0.2, 0.25) is 0 Å². The summed E-state index contributed by atoms with van der Waals surface area (Å²) in [6, 6.07) is 14.7. The number of anilines is 1. The van der Waals surface area contributed by atoms with E-state index in [4.69, 9.17) is 15.2 Å². The summed E-state index contributed by atoms with van der Waals surface area (Å²) in [6.07, 6.45) is 0.733. The Morgan fingerprint density at radius 3 is 2.53 bits per heavy atom. The summed E-state index contributed by atoms with van der Waals surface area (Å²) in [4.78, 5) is 10.1. The van der Waals surface area contributed by atoms with Gasteiger partial charge in [0.1, 0.15) is 24.4 Å². The summed E-state index contributed by atoms with van der Waals surface area (Å²) >= 11 is 0. The second-order valence-corrected chi connectivity index (χ2v) is 4.00. The number of nitrogens with two attached hydrogens (primary N) is 1. The van der Waals surface area contributed by atoms with Crippen molar-refractivity contribution in [2.75, 3.05) is 12.3 Å². The minimum absolute atomic E-state index is 0.113. The Bertz CT molecular complexity index is 537. The number of carbonyl (C=O) groups excluding carboxylic acids is 1. The zero-order chi connectivity index (χ0) is 13.5. The molecule has 0 radical (unpaired) electrons. The molecular weight excluding hydrogens is 242 g/mol. The lowest BCUT2D eigenvalue weighted by Crippen LogP contribution is -1.95. The molecule has 4 heteroatoms. The first-order chi connectivity index (χ1) is 9.28. The largest absolute Gasteiger partial charge is 0.457 e. The molecular formula is C15H15NO3. The van der Waals surface area contributed by atoms with Gasteiger partial charge in [0.25, 0.3) is 0 Å². The van der Waals surface area contributed by atoms with E-state index in [0.29, 0.717) is 18.0 Å². The van der Waals surface area contributed by atoms with Crippen LogP contribution in [0.1, 0.15) is 5.56 Å². The lowest BCUT2D eigenvalue weighted by molar-refractivity contribution is -0.112. The molecule has 2 rings (SSSR count). The quantitative estimate of drug-likeness (QED) is 0.491. The second-order valence-electron chi connectivity index (χ2n) is 4.00. The second kappa shape index (κ2) is 6.56. The van der Waals surface area contributed by atoms with Crippen LogP contribution in [0.4, 0.5) is 5.69 Å². The maximum absolute atomic E-state index is 10.1. The van der Waals surface area contributed by atoms with E-state index in [0.717, 1.165) is 17.6 Å². The Hall–Kier alpha value is -2.33. The molecule has 2 N–H and O–H groups in total. The predicted octanol–water partition coefficient (Wildman–Crippen LogP) is 2.78. The van der Waals surface area contributed by atoms with E-state index in [-0.39, 0.29) is 6.61 Å². The number of nitrogen functional groups attached to an aromatic ring is 1. The fourth-order valence-electron chi connectivity index (χ4n) is 1.59. The Kier molecular flexibility index (Phi) is 4.53. The summed E-state index contributed by atoms with van der Waals surface area (Å²) in [5, 5.41) is 0. The molecule has 4 nitrogen and oxygen atoms in total. The Morgan fingerprint density at radius 1 is 1.05 bits per heavy atom. The maximum atomic E-state index is 10.1. The highest BCUT2D eigenvalue weighted by Gasteiger charge is 1.99. The molecule has 0 aromatic heterocycles. The Morgan fingerprint density at radius 2 is 1.84 bits per heavy atom. The maximum Gasteiger partial charge on any atom is 0.145 e. The molecule has 2 aromatic carbocycles. The topological polar surface area (TPSA) is 61.6 Å². The van der Waals surface area contributed by atoms with Crippen LogP contribution in [0.5, 0.6) is 11.5 Å². The zero-order valence-electron chi connectivity index (χ0n) is 10.4. The first-order valence-electron chi connectivity index (χ1n) is 5.91. The van der Waals surface area contributed by atoms with Gasteiger partial charge < -0.3 is 20.0 Å². The Balaban J connectivity index is 1.96. The molecule has 0 saturated carbocycles. The molecule has 2 aromatic rings. The molecule has 0 spiro atoms. The summed E-state index contributed by atoms with van der Waals surface area (Å²) < 4.78 is 10.8. The van der Waals surface area contributed by atoms with E-state index < -0.39 is 0 Å². The van der Waals surface area contributed by atoms with E-state index >= 15 is 0 Å². The van der Waals surface area contributed by atoms with Crippen LogP contribution in [-0.4, -0.2) is 12.9 Å². The van der Waals surface area contributed by atoms with Crippen LogP contribution in [0, 0.1) is 0 Å².